The highest BCUT2D eigenvalue weighted by molar-refractivity contribution is 6.31. The summed E-state index contributed by atoms with van der Waals surface area (Å²) in [7, 11) is 1.60. The van der Waals surface area contributed by atoms with Crippen LogP contribution in [-0.2, 0) is 6.54 Å². The molecule has 152 valence electrons. The van der Waals surface area contributed by atoms with Crippen LogP contribution in [0.15, 0.2) is 59.5 Å². The van der Waals surface area contributed by atoms with E-state index >= 15 is 0 Å². The molecule has 0 atom stereocenters. The van der Waals surface area contributed by atoms with Gasteiger partial charge in [-0.3, -0.25) is 4.57 Å². The van der Waals surface area contributed by atoms with Crippen molar-refractivity contribution in [3.8, 4) is 11.4 Å². The zero-order chi connectivity index (χ0) is 20.7. The second-order valence-electron chi connectivity index (χ2n) is 7.32. The molecule has 0 bridgehead atoms. The average Bonchev–Trinajstić information content (AvgIpc) is 3.53. The average molecular weight is 422 g/mol. The number of aromatic nitrogens is 4. The second kappa shape index (κ2) is 7.50. The molecule has 30 heavy (non-hydrogen) atoms. The maximum Gasteiger partial charge on any atom is 0.335 e. The molecule has 2 aromatic carbocycles. The number of benzene rings is 2. The quantitative estimate of drug-likeness (QED) is 0.511. The predicted molar refractivity (Wildman–Crippen MR) is 117 cm³/mol. The number of hydrogen-bond donors (Lipinski definition) is 1. The summed E-state index contributed by atoms with van der Waals surface area (Å²) >= 11 is 6.35. The van der Waals surface area contributed by atoms with Crippen LogP contribution in [0.4, 0.5) is 5.95 Å². The Morgan fingerprint density at radius 3 is 2.80 bits per heavy atom. The van der Waals surface area contributed by atoms with E-state index in [1.807, 2.05) is 48.5 Å². The molecule has 0 unspecified atom stereocenters. The fraction of sp³-hybridized carbons (Fsp3) is 0.227. The molecule has 0 spiro atoms. The van der Waals surface area contributed by atoms with Crippen molar-refractivity contribution < 1.29 is 4.74 Å². The highest BCUT2D eigenvalue weighted by atomic mass is 35.5. The van der Waals surface area contributed by atoms with E-state index in [4.69, 9.17) is 16.3 Å². The van der Waals surface area contributed by atoms with E-state index in [1.165, 1.54) is 0 Å². The van der Waals surface area contributed by atoms with Crippen LogP contribution in [-0.4, -0.2) is 32.3 Å². The van der Waals surface area contributed by atoms with E-state index in [1.54, 1.807) is 22.4 Å². The lowest BCUT2D eigenvalue weighted by molar-refractivity contribution is 0.414. The zero-order valence-electron chi connectivity index (χ0n) is 16.4. The van der Waals surface area contributed by atoms with Gasteiger partial charge >= 0.3 is 5.69 Å². The van der Waals surface area contributed by atoms with E-state index in [9.17, 15) is 4.79 Å². The van der Waals surface area contributed by atoms with Crippen molar-refractivity contribution in [2.24, 2.45) is 0 Å². The van der Waals surface area contributed by atoms with Crippen LogP contribution < -0.4 is 15.7 Å². The highest BCUT2D eigenvalue weighted by Crippen LogP contribution is 2.25. The Hall–Kier alpha value is -3.32. The van der Waals surface area contributed by atoms with Crippen LogP contribution in [0.25, 0.3) is 16.9 Å². The summed E-state index contributed by atoms with van der Waals surface area (Å²) in [5, 5.41) is 3.91. The van der Waals surface area contributed by atoms with Gasteiger partial charge in [0.1, 0.15) is 11.3 Å². The molecule has 4 aromatic rings. The molecule has 1 saturated carbocycles. The Morgan fingerprint density at radius 2 is 2.03 bits per heavy atom. The van der Waals surface area contributed by atoms with Crippen LogP contribution in [0.5, 0.6) is 5.75 Å². The number of hydrogen-bond acceptors (Lipinski definition) is 5. The molecule has 1 fully saturated rings. The first-order valence-electron chi connectivity index (χ1n) is 9.76. The van der Waals surface area contributed by atoms with Crippen molar-refractivity contribution >= 4 is 28.7 Å². The van der Waals surface area contributed by atoms with Crippen LogP contribution >= 0.6 is 11.6 Å². The number of fused-ring (bicyclic) bond motifs is 1. The molecule has 8 heteroatoms. The minimum absolute atomic E-state index is 0.212. The van der Waals surface area contributed by atoms with Crippen molar-refractivity contribution in [3.05, 3.63) is 75.8 Å². The summed E-state index contributed by atoms with van der Waals surface area (Å²) in [6.45, 7) is 0.324. The topological polar surface area (TPSA) is 74.0 Å². The van der Waals surface area contributed by atoms with E-state index < -0.39 is 0 Å². The summed E-state index contributed by atoms with van der Waals surface area (Å²) in [5.41, 5.74) is 2.50. The first-order valence-corrected chi connectivity index (χ1v) is 10.1. The normalized spacial score (nSPS) is 13.5. The zero-order valence-corrected chi connectivity index (χ0v) is 17.1. The van der Waals surface area contributed by atoms with Crippen LogP contribution in [0.2, 0.25) is 5.02 Å². The van der Waals surface area contributed by atoms with E-state index in [0.717, 1.165) is 18.4 Å². The third-order valence-electron chi connectivity index (χ3n) is 5.18. The smallest absolute Gasteiger partial charge is 0.335 e. The minimum atomic E-state index is -0.212. The molecular weight excluding hydrogens is 402 g/mol. The molecule has 0 saturated heterocycles. The van der Waals surface area contributed by atoms with Crippen LogP contribution in [0.3, 0.4) is 0 Å². The number of methoxy groups -OCH3 is 1. The number of imidazole rings is 1. The van der Waals surface area contributed by atoms with Gasteiger partial charge in [0.15, 0.2) is 5.65 Å². The lowest BCUT2D eigenvalue weighted by Gasteiger charge is -2.06. The van der Waals surface area contributed by atoms with E-state index in [-0.39, 0.29) is 5.69 Å². The van der Waals surface area contributed by atoms with E-state index in [2.05, 4.69) is 15.3 Å². The molecule has 1 aliphatic carbocycles. The van der Waals surface area contributed by atoms with Gasteiger partial charge in [-0.05, 0) is 36.6 Å². The van der Waals surface area contributed by atoms with Gasteiger partial charge in [-0.15, -0.1) is 0 Å². The summed E-state index contributed by atoms with van der Waals surface area (Å²) in [5.74, 6) is 1.19. The molecule has 0 radical (unpaired) electrons. The maximum atomic E-state index is 13.5. The second-order valence-corrected chi connectivity index (χ2v) is 7.73. The lowest BCUT2D eigenvalue weighted by atomic mass is 10.2. The Labute approximate surface area is 177 Å². The van der Waals surface area contributed by atoms with Gasteiger partial charge in [-0.1, -0.05) is 35.9 Å². The van der Waals surface area contributed by atoms with Gasteiger partial charge < -0.3 is 10.1 Å². The number of anilines is 1. The van der Waals surface area contributed by atoms with Crippen molar-refractivity contribution in [3.63, 3.8) is 0 Å². The van der Waals surface area contributed by atoms with Gasteiger partial charge in [-0.25, -0.2) is 14.3 Å². The third-order valence-corrected chi connectivity index (χ3v) is 5.55. The number of rotatable bonds is 6. The molecule has 2 aromatic heterocycles. The Bertz CT molecular complexity index is 1290. The van der Waals surface area contributed by atoms with Crippen molar-refractivity contribution in [2.45, 2.75) is 25.4 Å². The Balaban J connectivity index is 1.70. The number of nitrogens with zero attached hydrogens (tertiary/aromatic N) is 4. The number of halogens is 1. The SMILES string of the molecule is COc1cccc(-n2c(=O)n(Cc3ccccc3Cl)c3cnc(NC4CC4)nc32)c1. The summed E-state index contributed by atoms with van der Waals surface area (Å²) in [4.78, 5) is 22.6. The minimum Gasteiger partial charge on any atom is -0.497 e. The molecule has 5 rings (SSSR count). The summed E-state index contributed by atoms with van der Waals surface area (Å²) < 4.78 is 8.59. The highest BCUT2D eigenvalue weighted by Gasteiger charge is 2.23. The molecule has 0 amide bonds. The fourth-order valence-electron chi connectivity index (χ4n) is 3.45. The lowest BCUT2D eigenvalue weighted by Crippen LogP contribution is -2.24. The first-order chi connectivity index (χ1) is 14.6. The molecule has 1 N–H and O–H groups in total. The van der Waals surface area contributed by atoms with Crippen molar-refractivity contribution in [2.75, 3.05) is 12.4 Å². The standard InChI is InChI=1S/C22H20ClN5O2/c1-30-17-7-4-6-16(11-17)28-20-19(12-24-21(26-20)25-15-9-10-15)27(22(28)29)13-14-5-2-3-8-18(14)23/h2-8,11-12,15H,9-10,13H2,1H3,(H,24,25,26). The van der Waals surface area contributed by atoms with E-state index in [0.29, 0.717) is 46.2 Å². The van der Waals surface area contributed by atoms with Gasteiger partial charge in [0, 0.05) is 17.1 Å². The molecule has 2 heterocycles. The molecule has 1 aliphatic rings. The van der Waals surface area contributed by atoms with Gasteiger partial charge in [0.25, 0.3) is 0 Å². The van der Waals surface area contributed by atoms with Crippen LogP contribution in [0.1, 0.15) is 18.4 Å². The third kappa shape index (κ3) is 3.41. The molecule has 7 nitrogen and oxygen atoms in total. The number of nitrogens with one attached hydrogen (secondary N) is 1. The largest absolute Gasteiger partial charge is 0.497 e. The van der Waals surface area contributed by atoms with Gasteiger partial charge in [-0.2, -0.15) is 4.98 Å². The molecule has 0 aliphatic heterocycles. The van der Waals surface area contributed by atoms with Crippen molar-refractivity contribution in [1.29, 1.82) is 0 Å². The maximum absolute atomic E-state index is 13.5. The monoisotopic (exact) mass is 421 g/mol. The molecular formula is C22H20ClN5O2. The van der Waals surface area contributed by atoms with Crippen LogP contribution in [0, 0.1) is 0 Å². The summed E-state index contributed by atoms with van der Waals surface area (Å²) in [6.07, 6.45) is 3.91. The van der Waals surface area contributed by atoms with Crippen molar-refractivity contribution in [1.82, 2.24) is 19.1 Å². The number of ether oxygens (including phenoxy) is 1. The predicted octanol–water partition coefficient (Wildman–Crippen LogP) is 3.87. The Kier molecular flexibility index (Phi) is 4.67. The first kappa shape index (κ1) is 18.7. The Morgan fingerprint density at radius 1 is 1.20 bits per heavy atom. The fourth-order valence-corrected chi connectivity index (χ4v) is 3.64. The summed E-state index contributed by atoms with van der Waals surface area (Å²) in [6, 6.07) is 15.3. The van der Waals surface area contributed by atoms with Gasteiger partial charge in [0.05, 0.1) is 25.5 Å². The van der Waals surface area contributed by atoms with Gasteiger partial charge in [0.2, 0.25) is 5.95 Å².